The highest BCUT2D eigenvalue weighted by atomic mass is 32.2. The minimum atomic E-state index is -0.551. The van der Waals surface area contributed by atoms with E-state index in [-0.39, 0.29) is 17.1 Å². The lowest BCUT2D eigenvalue weighted by molar-refractivity contribution is -0.384. The van der Waals surface area contributed by atoms with E-state index in [1.807, 2.05) is 6.07 Å². The molecule has 0 unspecified atom stereocenters. The van der Waals surface area contributed by atoms with Crippen molar-refractivity contribution in [3.05, 3.63) is 64.0 Å². The predicted molar refractivity (Wildman–Crippen MR) is 91.5 cm³/mol. The van der Waals surface area contributed by atoms with Crippen LogP contribution in [0.2, 0.25) is 0 Å². The summed E-state index contributed by atoms with van der Waals surface area (Å²) < 4.78 is 13.5. The van der Waals surface area contributed by atoms with Gasteiger partial charge in [0.15, 0.2) is 4.34 Å². The van der Waals surface area contributed by atoms with Crippen LogP contribution in [0.15, 0.2) is 51.7 Å². The van der Waals surface area contributed by atoms with E-state index in [0.29, 0.717) is 20.1 Å². The van der Waals surface area contributed by atoms with Crippen molar-refractivity contribution in [1.82, 2.24) is 10.2 Å². The van der Waals surface area contributed by atoms with E-state index in [2.05, 4.69) is 15.5 Å². The molecule has 25 heavy (non-hydrogen) atoms. The summed E-state index contributed by atoms with van der Waals surface area (Å²) in [6, 6.07) is 11.8. The lowest BCUT2D eigenvalue weighted by Gasteiger charge is -2.01. The van der Waals surface area contributed by atoms with Gasteiger partial charge in [-0.3, -0.25) is 10.1 Å². The number of halogens is 1. The first-order valence-corrected chi connectivity index (χ1v) is 8.41. The Labute approximate surface area is 149 Å². The fraction of sp³-hybridized carbons (Fsp3) is 0. The summed E-state index contributed by atoms with van der Waals surface area (Å²) in [5.41, 5.74) is 0.724. The number of hydrogen-bond donors (Lipinski definition) is 1. The van der Waals surface area contributed by atoms with Crippen LogP contribution in [0, 0.1) is 27.3 Å². The van der Waals surface area contributed by atoms with Crippen molar-refractivity contribution in [2.24, 2.45) is 0 Å². The maximum atomic E-state index is 12.9. The fourth-order valence-corrected chi connectivity index (χ4v) is 3.65. The normalized spacial score (nSPS) is 10.2. The zero-order valence-electron chi connectivity index (χ0n) is 12.3. The van der Waals surface area contributed by atoms with E-state index in [0.717, 1.165) is 0 Å². The molecule has 0 spiro atoms. The topological polar surface area (TPSA) is 105 Å². The number of nitriles is 1. The molecule has 0 bridgehead atoms. The van der Waals surface area contributed by atoms with Crippen molar-refractivity contribution in [2.75, 3.05) is 5.32 Å². The second-order valence-corrected chi connectivity index (χ2v) is 6.92. The largest absolute Gasteiger partial charge is 0.330 e. The van der Waals surface area contributed by atoms with Gasteiger partial charge in [-0.1, -0.05) is 23.1 Å². The number of benzene rings is 2. The standard InChI is InChI=1S/C15H8FN5O2S2/c16-10-1-3-11(4-2-10)18-14-19-20-15(25-14)24-13-6-5-12(21(22)23)7-9(13)8-17/h1-7H,(H,18,19). The molecule has 124 valence electrons. The van der Waals surface area contributed by atoms with Crippen LogP contribution in [0.25, 0.3) is 0 Å². The summed E-state index contributed by atoms with van der Waals surface area (Å²) in [6.45, 7) is 0. The van der Waals surface area contributed by atoms with Gasteiger partial charge in [0.1, 0.15) is 11.9 Å². The Morgan fingerprint density at radius 2 is 2.00 bits per heavy atom. The molecular formula is C15H8FN5O2S2. The van der Waals surface area contributed by atoms with Crippen LogP contribution in [0.4, 0.5) is 20.9 Å². The highest BCUT2D eigenvalue weighted by molar-refractivity contribution is 8.01. The third-order valence-electron chi connectivity index (χ3n) is 2.99. The Morgan fingerprint density at radius 3 is 2.68 bits per heavy atom. The van der Waals surface area contributed by atoms with Gasteiger partial charge < -0.3 is 5.32 Å². The molecule has 1 heterocycles. The van der Waals surface area contributed by atoms with Gasteiger partial charge in [0.25, 0.3) is 5.69 Å². The summed E-state index contributed by atoms with van der Waals surface area (Å²) in [4.78, 5) is 10.8. The number of nitro groups is 1. The van der Waals surface area contributed by atoms with Gasteiger partial charge >= 0.3 is 0 Å². The zero-order valence-corrected chi connectivity index (χ0v) is 14.0. The number of non-ortho nitro benzene ring substituents is 1. The predicted octanol–water partition coefficient (Wildman–Crippen LogP) is 4.35. The van der Waals surface area contributed by atoms with Crippen LogP contribution >= 0.6 is 23.1 Å². The van der Waals surface area contributed by atoms with Crippen molar-refractivity contribution >= 4 is 39.6 Å². The molecule has 0 saturated heterocycles. The molecule has 0 fully saturated rings. The van der Waals surface area contributed by atoms with Gasteiger partial charge in [0.2, 0.25) is 5.13 Å². The maximum Gasteiger partial charge on any atom is 0.270 e. The van der Waals surface area contributed by atoms with Gasteiger partial charge in [-0.05, 0) is 30.3 Å². The second-order valence-electron chi connectivity index (χ2n) is 4.66. The number of anilines is 2. The van der Waals surface area contributed by atoms with Crippen molar-refractivity contribution < 1.29 is 9.31 Å². The van der Waals surface area contributed by atoms with Crippen molar-refractivity contribution in [2.45, 2.75) is 9.24 Å². The van der Waals surface area contributed by atoms with E-state index in [1.54, 1.807) is 12.1 Å². The second kappa shape index (κ2) is 7.25. The number of hydrogen-bond acceptors (Lipinski definition) is 8. The molecule has 3 rings (SSSR count). The Morgan fingerprint density at radius 1 is 1.24 bits per heavy atom. The fourth-order valence-electron chi connectivity index (χ4n) is 1.86. The molecule has 0 aliphatic heterocycles. The third-order valence-corrected chi connectivity index (χ3v) is 4.96. The monoisotopic (exact) mass is 373 g/mol. The molecule has 1 N–H and O–H groups in total. The lowest BCUT2D eigenvalue weighted by Crippen LogP contribution is -1.90. The number of nitro benzene ring substituents is 1. The smallest absolute Gasteiger partial charge is 0.270 e. The number of aromatic nitrogens is 2. The van der Waals surface area contributed by atoms with Crippen LogP contribution in [0.5, 0.6) is 0 Å². The Balaban J connectivity index is 1.76. The van der Waals surface area contributed by atoms with Gasteiger partial charge in [0.05, 0.1) is 10.5 Å². The summed E-state index contributed by atoms with van der Waals surface area (Å²) in [5.74, 6) is -0.332. The summed E-state index contributed by atoms with van der Waals surface area (Å²) in [6.07, 6.45) is 0. The lowest BCUT2D eigenvalue weighted by atomic mass is 10.2. The minimum absolute atomic E-state index is 0.142. The van der Waals surface area contributed by atoms with E-state index < -0.39 is 4.92 Å². The first-order valence-electron chi connectivity index (χ1n) is 6.77. The maximum absolute atomic E-state index is 12.9. The highest BCUT2D eigenvalue weighted by Gasteiger charge is 2.14. The quantitative estimate of drug-likeness (QED) is 0.523. The average molecular weight is 373 g/mol. The van der Waals surface area contributed by atoms with Crippen molar-refractivity contribution in [3.8, 4) is 6.07 Å². The minimum Gasteiger partial charge on any atom is -0.330 e. The number of rotatable bonds is 5. The molecule has 1 aromatic heterocycles. The van der Waals surface area contributed by atoms with E-state index in [9.17, 15) is 14.5 Å². The molecular weight excluding hydrogens is 365 g/mol. The first-order chi connectivity index (χ1) is 12.0. The first kappa shape index (κ1) is 16.8. The highest BCUT2D eigenvalue weighted by Crippen LogP contribution is 2.35. The van der Waals surface area contributed by atoms with Gasteiger partial charge in [-0.25, -0.2) is 4.39 Å². The molecule has 0 saturated carbocycles. The third kappa shape index (κ3) is 4.09. The van der Waals surface area contributed by atoms with Crippen LogP contribution in [0.3, 0.4) is 0 Å². The van der Waals surface area contributed by atoms with Crippen molar-refractivity contribution in [3.63, 3.8) is 0 Å². The van der Waals surface area contributed by atoms with Crippen LogP contribution in [-0.4, -0.2) is 15.1 Å². The Kier molecular flexibility index (Phi) is 4.87. The number of nitrogens with zero attached hydrogens (tertiary/aromatic N) is 4. The average Bonchev–Trinajstić information content (AvgIpc) is 3.04. The van der Waals surface area contributed by atoms with Crippen LogP contribution in [-0.2, 0) is 0 Å². The van der Waals surface area contributed by atoms with Crippen molar-refractivity contribution in [1.29, 1.82) is 5.26 Å². The van der Waals surface area contributed by atoms with E-state index in [1.165, 1.54) is 53.4 Å². The van der Waals surface area contributed by atoms with Crippen LogP contribution < -0.4 is 5.32 Å². The molecule has 0 aliphatic rings. The summed E-state index contributed by atoms with van der Waals surface area (Å²) >= 11 is 2.44. The molecule has 10 heteroatoms. The van der Waals surface area contributed by atoms with Crippen LogP contribution in [0.1, 0.15) is 5.56 Å². The summed E-state index contributed by atoms with van der Waals surface area (Å²) in [5, 5.41) is 31.4. The van der Waals surface area contributed by atoms with Gasteiger partial charge in [-0.2, -0.15) is 5.26 Å². The van der Waals surface area contributed by atoms with Gasteiger partial charge in [-0.15, -0.1) is 10.2 Å². The molecule has 0 aliphatic carbocycles. The van der Waals surface area contributed by atoms with E-state index >= 15 is 0 Å². The Bertz CT molecular complexity index is 969. The SMILES string of the molecule is N#Cc1cc([N+](=O)[O-])ccc1Sc1nnc(Nc2ccc(F)cc2)s1. The molecule has 3 aromatic rings. The zero-order chi connectivity index (χ0) is 17.8. The number of nitrogens with one attached hydrogen (secondary N) is 1. The molecule has 0 atom stereocenters. The molecule has 0 radical (unpaired) electrons. The Hall–Kier alpha value is -3.03. The molecule has 7 nitrogen and oxygen atoms in total. The molecule has 0 amide bonds. The summed E-state index contributed by atoms with van der Waals surface area (Å²) in [7, 11) is 0. The van der Waals surface area contributed by atoms with Gasteiger partial charge in [0, 0.05) is 22.7 Å². The molecule has 2 aromatic carbocycles. The van der Waals surface area contributed by atoms with E-state index in [4.69, 9.17) is 5.26 Å².